The third-order valence-corrected chi connectivity index (χ3v) is 4.11. The highest BCUT2D eigenvalue weighted by molar-refractivity contribution is 5.76. The zero-order chi connectivity index (χ0) is 19.1. The van der Waals surface area contributed by atoms with Gasteiger partial charge in [-0.1, -0.05) is 6.07 Å². The summed E-state index contributed by atoms with van der Waals surface area (Å²) in [6, 6.07) is 4.64. The van der Waals surface area contributed by atoms with Crippen LogP contribution in [0.15, 0.2) is 18.2 Å². The molecule has 142 valence electrons. The van der Waals surface area contributed by atoms with E-state index in [4.69, 9.17) is 9.47 Å². The van der Waals surface area contributed by atoms with E-state index in [1.807, 2.05) is 27.7 Å². The standard InChI is InChI=1S/C19H31NO5/c1-18(2,24-5)9-11-25-19(3,4)13-17(23)20-10-8-14-6-7-15(21)16(22)12-14/h6-7,12,21-22H,8-11,13H2,1-5H3,(H,20,23). The highest BCUT2D eigenvalue weighted by atomic mass is 16.5. The van der Waals surface area contributed by atoms with E-state index in [2.05, 4.69) is 5.32 Å². The number of amides is 1. The summed E-state index contributed by atoms with van der Waals surface area (Å²) in [5, 5.41) is 21.6. The highest BCUT2D eigenvalue weighted by Crippen LogP contribution is 2.25. The van der Waals surface area contributed by atoms with Gasteiger partial charge in [-0.05, 0) is 58.2 Å². The second-order valence-corrected chi connectivity index (χ2v) is 7.42. The molecule has 0 saturated carbocycles. The molecule has 1 aromatic rings. The van der Waals surface area contributed by atoms with Gasteiger partial charge >= 0.3 is 0 Å². The minimum Gasteiger partial charge on any atom is -0.504 e. The van der Waals surface area contributed by atoms with Crippen molar-refractivity contribution in [2.24, 2.45) is 0 Å². The van der Waals surface area contributed by atoms with Crippen LogP contribution in [0.25, 0.3) is 0 Å². The van der Waals surface area contributed by atoms with Crippen molar-refractivity contribution in [1.29, 1.82) is 0 Å². The molecule has 6 nitrogen and oxygen atoms in total. The van der Waals surface area contributed by atoms with Gasteiger partial charge in [0.25, 0.3) is 0 Å². The Bertz CT molecular complexity index is 569. The zero-order valence-electron chi connectivity index (χ0n) is 15.9. The van der Waals surface area contributed by atoms with E-state index in [0.717, 1.165) is 12.0 Å². The number of methoxy groups -OCH3 is 1. The summed E-state index contributed by atoms with van der Waals surface area (Å²) in [6.07, 6.45) is 1.59. The molecular formula is C19H31NO5. The number of rotatable bonds is 10. The fraction of sp³-hybridized carbons (Fsp3) is 0.632. The summed E-state index contributed by atoms with van der Waals surface area (Å²) < 4.78 is 11.2. The van der Waals surface area contributed by atoms with Crippen LogP contribution in [0.1, 0.15) is 46.1 Å². The minimum absolute atomic E-state index is 0.0843. The Morgan fingerprint density at radius 1 is 1.12 bits per heavy atom. The number of phenols is 2. The molecule has 1 rings (SSSR count). The summed E-state index contributed by atoms with van der Waals surface area (Å²) in [6.45, 7) is 8.76. The first kappa shape index (κ1) is 21.3. The number of aromatic hydroxyl groups is 2. The van der Waals surface area contributed by atoms with Crippen molar-refractivity contribution in [1.82, 2.24) is 5.32 Å². The zero-order valence-corrected chi connectivity index (χ0v) is 15.9. The average molecular weight is 353 g/mol. The molecule has 3 N–H and O–H groups in total. The number of hydrogen-bond donors (Lipinski definition) is 3. The fourth-order valence-corrected chi connectivity index (χ4v) is 2.25. The number of benzene rings is 1. The van der Waals surface area contributed by atoms with E-state index in [1.165, 1.54) is 12.1 Å². The Morgan fingerprint density at radius 2 is 1.80 bits per heavy atom. The van der Waals surface area contributed by atoms with Gasteiger partial charge in [-0.2, -0.15) is 0 Å². The van der Waals surface area contributed by atoms with Crippen LogP contribution in [0, 0.1) is 0 Å². The minimum atomic E-state index is -0.551. The molecule has 0 bridgehead atoms. The molecule has 0 aliphatic rings. The lowest BCUT2D eigenvalue weighted by atomic mass is 10.0. The van der Waals surface area contributed by atoms with Crippen LogP contribution in [-0.2, 0) is 20.7 Å². The van der Waals surface area contributed by atoms with Crippen LogP contribution in [0.3, 0.4) is 0 Å². The Morgan fingerprint density at radius 3 is 2.40 bits per heavy atom. The fourth-order valence-electron chi connectivity index (χ4n) is 2.25. The van der Waals surface area contributed by atoms with Crippen molar-refractivity contribution < 1.29 is 24.5 Å². The van der Waals surface area contributed by atoms with Crippen molar-refractivity contribution in [3.8, 4) is 11.5 Å². The molecule has 0 saturated heterocycles. The maximum absolute atomic E-state index is 12.1. The van der Waals surface area contributed by atoms with Gasteiger partial charge in [0.05, 0.1) is 24.2 Å². The van der Waals surface area contributed by atoms with E-state index >= 15 is 0 Å². The van der Waals surface area contributed by atoms with E-state index < -0.39 is 5.60 Å². The van der Waals surface area contributed by atoms with Gasteiger partial charge in [-0.25, -0.2) is 0 Å². The summed E-state index contributed by atoms with van der Waals surface area (Å²) in [7, 11) is 1.67. The van der Waals surface area contributed by atoms with Crippen molar-refractivity contribution in [2.45, 2.75) is 58.2 Å². The molecule has 0 atom stereocenters. The largest absolute Gasteiger partial charge is 0.504 e. The molecule has 0 spiro atoms. The first-order chi connectivity index (χ1) is 11.5. The molecule has 0 heterocycles. The van der Waals surface area contributed by atoms with Crippen molar-refractivity contribution in [2.75, 3.05) is 20.3 Å². The van der Waals surface area contributed by atoms with E-state index in [-0.39, 0.29) is 29.4 Å². The van der Waals surface area contributed by atoms with Crippen LogP contribution < -0.4 is 5.32 Å². The first-order valence-electron chi connectivity index (χ1n) is 8.51. The third-order valence-electron chi connectivity index (χ3n) is 4.11. The molecule has 1 aromatic carbocycles. The Labute approximate surface area is 150 Å². The normalized spacial score (nSPS) is 12.2. The van der Waals surface area contributed by atoms with E-state index in [0.29, 0.717) is 19.6 Å². The van der Waals surface area contributed by atoms with Gasteiger partial charge < -0.3 is 25.0 Å². The van der Waals surface area contributed by atoms with Gasteiger partial charge in [-0.15, -0.1) is 0 Å². The van der Waals surface area contributed by atoms with Crippen molar-refractivity contribution >= 4 is 5.91 Å². The van der Waals surface area contributed by atoms with Crippen molar-refractivity contribution in [3.63, 3.8) is 0 Å². The first-order valence-corrected chi connectivity index (χ1v) is 8.51. The molecule has 1 amide bonds. The third kappa shape index (κ3) is 8.23. The molecule has 0 radical (unpaired) electrons. The molecule has 0 fully saturated rings. The average Bonchev–Trinajstić information content (AvgIpc) is 2.50. The SMILES string of the molecule is COC(C)(C)CCOC(C)(C)CC(=O)NCCc1ccc(O)c(O)c1. The second kappa shape index (κ2) is 9.06. The molecule has 0 aromatic heterocycles. The maximum atomic E-state index is 12.1. The van der Waals surface area contributed by atoms with Gasteiger partial charge in [-0.3, -0.25) is 4.79 Å². The lowest BCUT2D eigenvalue weighted by Gasteiger charge is -2.28. The predicted octanol–water partition coefficient (Wildman–Crippen LogP) is 2.76. The number of nitrogens with one attached hydrogen (secondary N) is 1. The highest BCUT2D eigenvalue weighted by Gasteiger charge is 2.24. The van der Waals surface area contributed by atoms with Gasteiger partial charge in [0.1, 0.15) is 0 Å². The lowest BCUT2D eigenvalue weighted by molar-refractivity contribution is -0.128. The Hall–Kier alpha value is -1.79. The lowest BCUT2D eigenvalue weighted by Crippen LogP contribution is -2.36. The monoisotopic (exact) mass is 353 g/mol. The number of hydrogen-bond acceptors (Lipinski definition) is 5. The van der Waals surface area contributed by atoms with Crippen molar-refractivity contribution in [3.05, 3.63) is 23.8 Å². The number of ether oxygens (including phenoxy) is 2. The Balaban J connectivity index is 2.33. The smallest absolute Gasteiger partial charge is 0.222 e. The summed E-state index contributed by atoms with van der Waals surface area (Å²) in [5.41, 5.74) is 0.0477. The Kier molecular flexibility index (Phi) is 7.70. The summed E-state index contributed by atoms with van der Waals surface area (Å²) >= 11 is 0. The molecule has 0 aliphatic carbocycles. The van der Waals surface area contributed by atoms with Crippen LogP contribution in [0.4, 0.5) is 0 Å². The van der Waals surface area contributed by atoms with E-state index in [1.54, 1.807) is 13.2 Å². The van der Waals surface area contributed by atoms with Crippen LogP contribution in [-0.4, -0.2) is 47.6 Å². The van der Waals surface area contributed by atoms with Gasteiger partial charge in [0.2, 0.25) is 5.91 Å². The second-order valence-electron chi connectivity index (χ2n) is 7.42. The number of phenolic OH excluding ortho intramolecular Hbond substituents is 2. The van der Waals surface area contributed by atoms with Crippen LogP contribution >= 0.6 is 0 Å². The van der Waals surface area contributed by atoms with Crippen LogP contribution in [0.2, 0.25) is 0 Å². The molecular weight excluding hydrogens is 322 g/mol. The molecule has 0 unspecified atom stereocenters. The molecule has 6 heteroatoms. The predicted molar refractivity (Wildman–Crippen MR) is 96.8 cm³/mol. The summed E-state index contributed by atoms with van der Waals surface area (Å²) in [5.74, 6) is -0.389. The molecule has 25 heavy (non-hydrogen) atoms. The maximum Gasteiger partial charge on any atom is 0.222 e. The summed E-state index contributed by atoms with van der Waals surface area (Å²) in [4.78, 5) is 12.1. The quantitative estimate of drug-likeness (QED) is 0.563. The van der Waals surface area contributed by atoms with E-state index in [9.17, 15) is 15.0 Å². The number of carbonyl (C=O) groups is 1. The topological polar surface area (TPSA) is 88.0 Å². The van der Waals surface area contributed by atoms with Crippen LogP contribution in [0.5, 0.6) is 11.5 Å². The molecule has 0 aliphatic heterocycles. The van der Waals surface area contributed by atoms with Gasteiger partial charge in [0.15, 0.2) is 11.5 Å². The number of carbonyl (C=O) groups excluding carboxylic acids is 1. The van der Waals surface area contributed by atoms with Gasteiger partial charge in [0, 0.05) is 13.7 Å².